The molecule has 0 radical (unpaired) electrons. The van der Waals surface area contributed by atoms with E-state index < -0.39 is 45.1 Å². The molecule has 3 heterocycles. The standard InChI is InChI=1S/C22H26F2N4O5S/c23-14-5-6-18(24)17(7-14)21-19(25-22(29)30)8-15(12-33-21)27-9-13-10-28(26-20(13)11-27)34(31,32)16-3-1-2-4-16/h5-7,10,15-16,19,21,25H,1-4,8-9,11-12H2,(H,29,30)/t15-,19+,21+/m1/s1. The molecule has 0 spiro atoms. The number of benzene rings is 1. The maximum absolute atomic E-state index is 14.4. The first-order valence-corrected chi connectivity index (χ1v) is 12.8. The normalized spacial score (nSPS) is 26.0. The van der Waals surface area contributed by atoms with Gasteiger partial charge in [-0.3, -0.25) is 4.90 Å². The van der Waals surface area contributed by atoms with Crippen LogP contribution in [0, 0.1) is 11.6 Å². The van der Waals surface area contributed by atoms with Gasteiger partial charge in [0, 0.05) is 36.5 Å². The minimum absolute atomic E-state index is 0.0321. The molecule has 1 aromatic heterocycles. The molecule has 2 N–H and O–H groups in total. The third kappa shape index (κ3) is 4.29. The van der Waals surface area contributed by atoms with Crippen molar-refractivity contribution in [1.82, 2.24) is 19.4 Å². The van der Waals surface area contributed by atoms with Gasteiger partial charge in [0.05, 0.1) is 23.6 Å². The summed E-state index contributed by atoms with van der Waals surface area (Å²) in [5.41, 5.74) is 1.44. The maximum atomic E-state index is 14.4. The summed E-state index contributed by atoms with van der Waals surface area (Å²) in [6.45, 7) is 1.03. The second-order valence-electron chi connectivity index (χ2n) is 9.20. The van der Waals surface area contributed by atoms with Gasteiger partial charge in [-0.2, -0.15) is 9.19 Å². The molecule has 1 saturated heterocycles. The van der Waals surface area contributed by atoms with Crippen LogP contribution in [0.4, 0.5) is 13.6 Å². The lowest BCUT2D eigenvalue weighted by atomic mass is 9.92. The molecule has 1 aromatic carbocycles. The largest absolute Gasteiger partial charge is 0.465 e. The third-order valence-electron chi connectivity index (χ3n) is 7.02. The molecule has 9 nitrogen and oxygen atoms in total. The Balaban J connectivity index is 1.30. The summed E-state index contributed by atoms with van der Waals surface area (Å²) in [5, 5.41) is 15.6. The highest BCUT2D eigenvalue weighted by atomic mass is 32.2. The first kappa shape index (κ1) is 23.2. The predicted molar refractivity (Wildman–Crippen MR) is 116 cm³/mol. The third-order valence-corrected chi connectivity index (χ3v) is 9.04. The number of halogens is 2. The van der Waals surface area contributed by atoms with Crippen LogP contribution in [-0.4, -0.2) is 57.6 Å². The Kier molecular flexibility index (Phi) is 6.07. The molecule has 184 valence electrons. The second-order valence-corrected chi connectivity index (χ2v) is 11.3. The van der Waals surface area contributed by atoms with Crippen LogP contribution in [0.25, 0.3) is 0 Å². The van der Waals surface area contributed by atoms with Crippen molar-refractivity contribution >= 4 is 16.1 Å². The Hall–Kier alpha value is -2.57. The number of aromatic nitrogens is 2. The van der Waals surface area contributed by atoms with Crippen molar-refractivity contribution in [3.63, 3.8) is 0 Å². The van der Waals surface area contributed by atoms with Crippen molar-refractivity contribution in [3.05, 3.63) is 52.9 Å². The minimum atomic E-state index is -3.51. The van der Waals surface area contributed by atoms with Gasteiger partial charge in [0.2, 0.25) is 0 Å². The smallest absolute Gasteiger partial charge is 0.404 e. The van der Waals surface area contributed by atoms with E-state index >= 15 is 0 Å². The van der Waals surface area contributed by atoms with E-state index in [1.165, 1.54) is 0 Å². The summed E-state index contributed by atoms with van der Waals surface area (Å²) < 4.78 is 60.7. The summed E-state index contributed by atoms with van der Waals surface area (Å²) in [6, 6.07) is 2.02. The summed E-state index contributed by atoms with van der Waals surface area (Å²) in [4.78, 5) is 13.4. The number of hydrogen-bond donors (Lipinski definition) is 2. The molecular weight excluding hydrogens is 470 g/mol. The number of ether oxygens (including phenoxy) is 1. The van der Waals surface area contributed by atoms with Gasteiger partial charge in [-0.05, 0) is 37.5 Å². The van der Waals surface area contributed by atoms with Crippen molar-refractivity contribution in [1.29, 1.82) is 0 Å². The molecule has 1 aliphatic carbocycles. The van der Waals surface area contributed by atoms with E-state index in [2.05, 4.69) is 10.4 Å². The van der Waals surface area contributed by atoms with E-state index in [-0.39, 0.29) is 18.2 Å². The van der Waals surface area contributed by atoms with Crippen molar-refractivity contribution in [2.75, 3.05) is 6.61 Å². The molecule has 0 bridgehead atoms. The van der Waals surface area contributed by atoms with Crippen molar-refractivity contribution in [3.8, 4) is 0 Å². The summed E-state index contributed by atoms with van der Waals surface area (Å²) in [6.07, 6.45) is 2.77. The van der Waals surface area contributed by atoms with Crippen LogP contribution in [0.1, 0.15) is 55.0 Å². The lowest BCUT2D eigenvalue weighted by molar-refractivity contribution is -0.0602. The number of nitrogens with one attached hydrogen (secondary N) is 1. The fourth-order valence-electron chi connectivity index (χ4n) is 5.28. The quantitative estimate of drug-likeness (QED) is 0.654. The van der Waals surface area contributed by atoms with Gasteiger partial charge < -0.3 is 15.2 Å². The Morgan fingerprint density at radius 2 is 1.97 bits per heavy atom. The predicted octanol–water partition coefficient (Wildman–Crippen LogP) is 2.76. The van der Waals surface area contributed by atoms with Gasteiger partial charge in [-0.1, -0.05) is 12.8 Å². The molecule has 5 rings (SSSR count). The van der Waals surface area contributed by atoms with E-state index in [0.29, 0.717) is 38.0 Å². The van der Waals surface area contributed by atoms with Gasteiger partial charge in [0.1, 0.15) is 17.7 Å². The Bertz CT molecular complexity index is 1170. The molecule has 34 heavy (non-hydrogen) atoms. The van der Waals surface area contributed by atoms with Crippen LogP contribution in [-0.2, 0) is 27.8 Å². The molecule has 12 heteroatoms. The fraction of sp³-hybridized carbons (Fsp3) is 0.545. The number of carboxylic acid groups (broad SMARTS) is 1. The highest BCUT2D eigenvalue weighted by Crippen LogP contribution is 2.35. The SMILES string of the molecule is O=C(O)N[C@H]1C[C@@H](N2Cc3cn(S(=O)(=O)C4CCCC4)nc3C2)CO[C@H]1c1cc(F)ccc1F. The molecule has 3 atom stereocenters. The highest BCUT2D eigenvalue weighted by Gasteiger charge is 2.40. The highest BCUT2D eigenvalue weighted by molar-refractivity contribution is 7.90. The Morgan fingerprint density at radius 1 is 1.21 bits per heavy atom. The fourth-order valence-corrected chi connectivity index (χ4v) is 7.00. The van der Waals surface area contributed by atoms with E-state index in [1.807, 2.05) is 4.90 Å². The summed E-state index contributed by atoms with van der Waals surface area (Å²) >= 11 is 0. The minimum Gasteiger partial charge on any atom is -0.465 e. The first-order valence-electron chi connectivity index (χ1n) is 11.3. The molecule has 0 unspecified atom stereocenters. The first-order chi connectivity index (χ1) is 16.2. The second kappa shape index (κ2) is 8.90. The zero-order chi connectivity index (χ0) is 24.0. The lowest BCUT2D eigenvalue weighted by Crippen LogP contribution is -2.51. The number of amides is 1. The molecule has 2 aliphatic heterocycles. The van der Waals surface area contributed by atoms with E-state index in [0.717, 1.165) is 40.7 Å². The van der Waals surface area contributed by atoms with Gasteiger partial charge >= 0.3 is 6.09 Å². The van der Waals surface area contributed by atoms with Crippen molar-refractivity contribution in [2.45, 2.75) is 68.6 Å². The van der Waals surface area contributed by atoms with Crippen molar-refractivity contribution < 1.29 is 31.8 Å². The molecule has 3 aliphatic rings. The van der Waals surface area contributed by atoms with E-state index in [1.54, 1.807) is 6.20 Å². The molecule has 1 saturated carbocycles. The van der Waals surface area contributed by atoms with E-state index in [9.17, 15) is 27.1 Å². The molecule has 2 aromatic rings. The molecular formula is C22H26F2N4O5S. The Morgan fingerprint density at radius 3 is 2.68 bits per heavy atom. The topological polar surface area (TPSA) is 114 Å². The zero-order valence-electron chi connectivity index (χ0n) is 18.4. The summed E-state index contributed by atoms with van der Waals surface area (Å²) in [5.74, 6) is -1.30. The van der Waals surface area contributed by atoms with Gasteiger partial charge in [-0.15, -0.1) is 0 Å². The van der Waals surface area contributed by atoms with Crippen molar-refractivity contribution in [2.24, 2.45) is 0 Å². The Labute approximate surface area is 195 Å². The number of nitrogens with zero attached hydrogens (tertiary/aromatic N) is 3. The van der Waals surface area contributed by atoms with Gasteiger partial charge in [0.15, 0.2) is 0 Å². The lowest BCUT2D eigenvalue weighted by Gasteiger charge is -2.40. The average molecular weight is 497 g/mol. The van der Waals surface area contributed by atoms with Crippen LogP contribution in [0.2, 0.25) is 0 Å². The average Bonchev–Trinajstić information content (AvgIpc) is 3.52. The van der Waals surface area contributed by atoms with Crippen LogP contribution >= 0.6 is 0 Å². The molecule has 1 amide bonds. The van der Waals surface area contributed by atoms with Crippen LogP contribution in [0.5, 0.6) is 0 Å². The number of hydrogen-bond acceptors (Lipinski definition) is 6. The molecule has 2 fully saturated rings. The number of carbonyl (C=O) groups is 1. The van der Waals surface area contributed by atoms with Crippen LogP contribution in [0.15, 0.2) is 24.4 Å². The van der Waals surface area contributed by atoms with Gasteiger partial charge in [-0.25, -0.2) is 22.0 Å². The van der Waals surface area contributed by atoms with Gasteiger partial charge in [0.25, 0.3) is 10.0 Å². The monoisotopic (exact) mass is 496 g/mol. The zero-order valence-corrected chi connectivity index (χ0v) is 19.2. The van der Waals surface area contributed by atoms with Crippen LogP contribution in [0.3, 0.4) is 0 Å². The summed E-state index contributed by atoms with van der Waals surface area (Å²) in [7, 11) is -3.51. The number of fused-ring (bicyclic) bond motifs is 1. The number of rotatable bonds is 5. The maximum Gasteiger partial charge on any atom is 0.404 e. The van der Waals surface area contributed by atoms with E-state index in [4.69, 9.17) is 4.74 Å². The van der Waals surface area contributed by atoms with Crippen LogP contribution < -0.4 is 5.32 Å².